The lowest BCUT2D eigenvalue weighted by Crippen LogP contribution is -2.49. The van der Waals surface area contributed by atoms with E-state index in [1.807, 2.05) is 0 Å². The molecule has 0 saturated carbocycles. The van der Waals surface area contributed by atoms with E-state index in [9.17, 15) is 14.0 Å². The van der Waals surface area contributed by atoms with Crippen molar-refractivity contribution in [1.29, 1.82) is 0 Å². The maximum atomic E-state index is 13.2. The van der Waals surface area contributed by atoms with Crippen LogP contribution in [0.1, 0.15) is 20.8 Å². The Labute approximate surface area is 134 Å². The molecule has 0 aliphatic heterocycles. The van der Waals surface area contributed by atoms with Gasteiger partial charge in [-0.2, -0.15) is 0 Å². The number of benzene rings is 1. The molecular formula is C15H22FN3O4. The smallest absolute Gasteiger partial charge is 0.321 e. The standard InChI is InChI=1S/C15H22FN3O4/c1-15(2,3)19-14(22)18-13(21)9-17-11-5-4-10(16)8-12(11)23-7-6-20/h4-5,8,17,20H,6-7,9H2,1-3H3,(H2,18,19,21,22). The molecule has 0 atom stereocenters. The Morgan fingerprint density at radius 1 is 1.30 bits per heavy atom. The molecular weight excluding hydrogens is 305 g/mol. The number of ether oxygens (including phenoxy) is 1. The lowest BCUT2D eigenvalue weighted by Gasteiger charge is -2.20. The van der Waals surface area contributed by atoms with Crippen LogP contribution in [0, 0.1) is 5.82 Å². The number of carbonyl (C=O) groups excluding carboxylic acids is 2. The Hall–Kier alpha value is -2.35. The van der Waals surface area contributed by atoms with E-state index >= 15 is 0 Å². The summed E-state index contributed by atoms with van der Waals surface area (Å²) < 4.78 is 18.4. The van der Waals surface area contributed by atoms with Gasteiger partial charge in [-0.3, -0.25) is 10.1 Å². The van der Waals surface area contributed by atoms with Crippen molar-refractivity contribution in [2.45, 2.75) is 26.3 Å². The van der Waals surface area contributed by atoms with Gasteiger partial charge in [-0.15, -0.1) is 0 Å². The number of imide groups is 1. The van der Waals surface area contributed by atoms with Crippen molar-refractivity contribution in [2.75, 3.05) is 25.1 Å². The molecule has 0 aliphatic carbocycles. The molecule has 1 aromatic carbocycles. The van der Waals surface area contributed by atoms with Gasteiger partial charge >= 0.3 is 6.03 Å². The number of hydrogen-bond acceptors (Lipinski definition) is 5. The summed E-state index contributed by atoms with van der Waals surface area (Å²) in [4.78, 5) is 23.3. The van der Waals surface area contributed by atoms with Gasteiger partial charge in [-0.1, -0.05) is 0 Å². The summed E-state index contributed by atoms with van der Waals surface area (Å²) in [5.74, 6) is -0.882. The molecule has 23 heavy (non-hydrogen) atoms. The minimum atomic E-state index is -0.597. The van der Waals surface area contributed by atoms with E-state index < -0.39 is 23.3 Å². The van der Waals surface area contributed by atoms with Crippen molar-refractivity contribution in [3.05, 3.63) is 24.0 Å². The van der Waals surface area contributed by atoms with Gasteiger partial charge in [0.2, 0.25) is 5.91 Å². The largest absolute Gasteiger partial charge is 0.489 e. The summed E-state index contributed by atoms with van der Waals surface area (Å²) in [7, 11) is 0. The highest BCUT2D eigenvalue weighted by Gasteiger charge is 2.16. The molecule has 0 saturated heterocycles. The first-order chi connectivity index (χ1) is 10.7. The van der Waals surface area contributed by atoms with Crippen LogP contribution in [0.5, 0.6) is 5.75 Å². The minimum Gasteiger partial charge on any atom is -0.489 e. The maximum Gasteiger partial charge on any atom is 0.321 e. The van der Waals surface area contributed by atoms with Crippen molar-refractivity contribution in [1.82, 2.24) is 10.6 Å². The monoisotopic (exact) mass is 327 g/mol. The van der Waals surface area contributed by atoms with Crippen molar-refractivity contribution in [3.8, 4) is 5.75 Å². The predicted molar refractivity (Wildman–Crippen MR) is 83.9 cm³/mol. The molecule has 0 radical (unpaired) electrons. The Morgan fingerprint density at radius 3 is 2.61 bits per heavy atom. The first-order valence-corrected chi connectivity index (χ1v) is 7.10. The third-order valence-electron chi connectivity index (χ3n) is 2.47. The fraction of sp³-hybridized carbons (Fsp3) is 0.467. The van der Waals surface area contributed by atoms with E-state index in [0.717, 1.165) is 6.07 Å². The van der Waals surface area contributed by atoms with Crippen molar-refractivity contribution >= 4 is 17.6 Å². The van der Waals surface area contributed by atoms with Crippen LogP contribution >= 0.6 is 0 Å². The number of halogens is 1. The molecule has 0 bridgehead atoms. The number of hydrogen-bond donors (Lipinski definition) is 4. The first-order valence-electron chi connectivity index (χ1n) is 7.10. The fourth-order valence-electron chi connectivity index (χ4n) is 1.64. The Balaban J connectivity index is 2.57. The zero-order valence-electron chi connectivity index (χ0n) is 13.4. The molecule has 0 unspecified atom stereocenters. The van der Waals surface area contributed by atoms with Crippen LogP contribution in [-0.4, -0.2) is 42.3 Å². The Bertz CT molecular complexity index is 558. The van der Waals surface area contributed by atoms with Gasteiger partial charge < -0.3 is 20.5 Å². The zero-order chi connectivity index (χ0) is 17.5. The quantitative estimate of drug-likeness (QED) is 0.630. The van der Waals surface area contributed by atoms with Crippen LogP contribution in [0.2, 0.25) is 0 Å². The first kappa shape index (κ1) is 18.7. The normalized spacial score (nSPS) is 10.8. The second-order valence-corrected chi connectivity index (χ2v) is 5.82. The molecule has 4 N–H and O–H groups in total. The summed E-state index contributed by atoms with van der Waals surface area (Å²) in [6.45, 7) is 4.95. The second kappa shape index (κ2) is 8.33. The van der Waals surface area contributed by atoms with Crippen LogP contribution in [-0.2, 0) is 4.79 Å². The third-order valence-corrected chi connectivity index (χ3v) is 2.47. The summed E-state index contributed by atoms with van der Waals surface area (Å²) in [6.07, 6.45) is 0. The predicted octanol–water partition coefficient (Wildman–Crippen LogP) is 1.23. The minimum absolute atomic E-state index is 0.00167. The topological polar surface area (TPSA) is 99.7 Å². The van der Waals surface area contributed by atoms with Crippen molar-refractivity contribution in [3.63, 3.8) is 0 Å². The molecule has 128 valence electrons. The molecule has 7 nitrogen and oxygen atoms in total. The summed E-state index contributed by atoms with van der Waals surface area (Å²) in [6, 6.07) is 3.16. The van der Waals surface area contributed by atoms with Gasteiger partial charge in [0.05, 0.1) is 18.8 Å². The Morgan fingerprint density at radius 2 is 2.00 bits per heavy atom. The number of aliphatic hydroxyl groups is 1. The Kier molecular flexibility index (Phi) is 6.77. The number of carbonyl (C=O) groups is 2. The molecule has 0 heterocycles. The molecule has 1 rings (SSSR count). The molecule has 0 aliphatic rings. The van der Waals surface area contributed by atoms with E-state index in [1.165, 1.54) is 12.1 Å². The highest BCUT2D eigenvalue weighted by molar-refractivity contribution is 5.96. The third kappa shape index (κ3) is 7.46. The molecule has 3 amide bonds. The molecule has 0 fully saturated rings. The molecule has 0 spiro atoms. The van der Waals surface area contributed by atoms with Gasteiger partial charge in [0.1, 0.15) is 18.2 Å². The van der Waals surface area contributed by atoms with Crippen molar-refractivity contribution < 1.29 is 23.8 Å². The van der Waals surface area contributed by atoms with E-state index in [2.05, 4.69) is 16.0 Å². The van der Waals surface area contributed by atoms with Gasteiger partial charge in [-0.25, -0.2) is 9.18 Å². The number of rotatable bonds is 6. The maximum absolute atomic E-state index is 13.2. The van der Waals surface area contributed by atoms with Gasteiger partial charge in [-0.05, 0) is 32.9 Å². The number of urea groups is 1. The summed E-state index contributed by atoms with van der Waals surface area (Å²) >= 11 is 0. The molecule has 1 aromatic rings. The average Bonchev–Trinajstić information content (AvgIpc) is 2.41. The number of nitrogens with one attached hydrogen (secondary N) is 3. The molecule has 0 aromatic heterocycles. The zero-order valence-corrected chi connectivity index (χ0v) is 13.4. The number of anilines is 1. The van der Waals surface area contributed by atoms with Crippen molar-refractivity contribution in [2.24, 2.45) is 0 Å². The second-order valence-electron chi connectivity index (χ2n) is 5.82. The number of amides is 3. The van der Waals surface area contributed by atoms with E-state index in [4.69, 9.17) is 9.84 Å². The van der Waals surface area contributed by atoms with E-state index in [1.54, 1.807) is 20.8 Å². The average molecular weight is 327 g/mol. The van der Waals surface area contributed by atoms with Crippen LogP contribution in [0.4, 0.5) is 14.9 Å². The van der Waals surface area contributed by atoms with Gasteiger partial charge in [0.15, 0.2) is 0 Å². The molecule has 8 heteroatoms. The SMILES string of the molecule is CC(C)(C)NC(=O)NC(=O)CNc1ccc(F)cc1OCCO. The summed E-state index contributed by atoms with van der Waals surface area (Å²) in [5.41, 5.74) is -0.0775. The highest BCUT2D eigenvalue weighted by atomic mass is 19.1. The van der Waals surface area contributed by atoms with E-state index in [0.29, 0.717) is 5.69 Å². The lowest BCUT2D eigenvalue weighted by molar-refractivity contribution is -0.118. The number of aliphatic hydroxyl groups excluding tert-OH is 1. The lowest BCUT2D eigenvalue weighted by atomic mass is 10.1. The van der Waals surface area contributed by atoms with Crippen LogP contribution in [0.15, 0.2) is 18.2 Å². The van der Waals surface area contributed by atoms with Crippen LogP contribution < -0.4 is 20.7 Å². The summed E-state index contributed by atoms with van der Waals surface area (Å²) in [5, 5.41) is 16.3. The fourth-order valence-corrected chi connectivity index (χ4v) is 1.64. The van der Waals surface area contributed by atoms with E-state index in [-0.39, 0.29) is 25.5 Å². The van der Waals surface area contributed by atoms with Crippen LogP contribution in [0.25, 0.3) is 0 Å². The van der Waals surface area contributed by atoms with Gasteiger partial charge in [0.25, 0.3) is 0 Å². The highest BCUT2D eigenvalue weighted by Crippen LogP contribution is 2.25. The van der Waals surface area contributed by atoms with Crippen LogP contribution in [0.3, 0.4) is 0 Å². The van der Waals surface area contributed by atoms with Gasteiger partial charge in [0, 0.05) is 11.6 Å².